The lowest BCUT2D eigenvalue weighted by molar-refractivity contribution is -0.152. The molecule has 2 N–H and O–H groups in total. The molecule has 1 aliphatic rings. The molecule has 1 unspecified atom stereocenters. The summed E-state index contributed by atoms with van der Waals surface area (Å²) in [5.41, 5.74) is 6.45. The average molecular weight is 286 g/mol. The van der Waals surface area contributed by atoms with Crippen LogP contribution in [0.15, 0.2) is 30.3 Å². The first-order chi connectivity index (χ1) is 9.45. The van der Waals surface area contributed by atoms with Crippen molar-refractivity contribution < 1.29 is 13.2 Å². The molecule has 0 radical (unpaired) electrons. The molecule has 1 heterocycles. The average Bonchev–Trinajstić information content (AvgIpc) is 2.41. The molecular weight excluding hydrogens is 265 g/mol. The summed E-state index contributed by atoms with van der Waals surface area (Å²) in [6.45, 7) is 2.58. The van der Waals surface area contributed by atoms with E-state index in [1.807, 2.05) is 18.2 Å². The van der Waals surface area contributed by atoms with Gasteiger partial charge in [0, 0.05) is 6.54 Å². The van der Waals surface area contributed by atoms with Crippen LogP contribution in [0.25, 0.3) is 0 Å². The van der Waals surface area contributed by atoms with Gasteiger partial charge in [-0.25, -0.2) is 0 Å². The number of benzene rings is 1. The lowest BCUT2D eigenvalue weighted by Crippen LogP contribution is -2.41. The molecular formula is C15H21F3N2. The predicted molar refractivity (Wildman–Crippen MR) is 73.1 cm³/mol. The molecule has 1 aromatic rings. The number of nitrogens with two attached hydrogens (primary N) is 1. The van der Waals surface area contributed by atoms with Crippen LogP contribution in [0, 0.1) is 5.92 Å². The van der Waals surface area contributed by atoms with E-state index in [2.05, 4.69) is 17.0 Å². The Labute approximate surface area is 117 Å². The van der Waals surface area contributed by atoms with Gasteiger partial charge in [-0.15, -0.1) is 0 Å². The van der Waals surface area contributed by atoms with Gasteiger partial charge in [-0.05, 0) is 43.8 Å². The van der Waals surface area contributed by atoms with E-state index in [9.17, 15) is 13.2 Å². The Balaban J connectivity index is 1.75. The van der Waals surface area contributed by atoms with Crippen molar-refractivity contribution in [1.29, 1.82) is 0 Å². The minimum atomic E-state index is -4.26. The van der Waals surface area contributed by atoms with E-state index < -0.39 is 12.2 Å². The molecule has 20 heavy (non-hydrogen) atoms. The molecule has 1 saturated heterocycles. The lowest BCUT2D eigenvalue weighted by Gasteiger charge is -2.33. The monoisotopic (exact) mass is 286 g/mol. The van der Waals surface area contributed by atoms with Gasteiger partial charge in [-0.1, -0.05) is 30.3 Å². The number of halogens is 3. The minimum Gasteiger partial charge on any atom is -0.320 e. The Kier molecular flexibility index (Phi) is 5.05. The van der Waals surface area contributed by atoms with Crippen LogP contribution in [0.4, 0.5) is 13.2 Å². The largest absolute Gasteiger partial charge is 0.403 e. The van der Waals surface area contributed by atoms with Gasteiger partial charge in [0.25, 0.3) is 0 Å². The maximum Gasteiger partial charge on any atom is 0.403 e. The minimum absolute atomic E-state index is 0.0582. The zero-order valence-electron chi connectivity index (χ0n) is 11.4. The number of alkyl halides is 3. The fourth-order valence-corrected chi connectivity index (χ4v) is 2.71. The smallest absolute Gasteiger partial charge is 0.320 e. The van der Waals surface area contributed by atoms with Crippen LogP contribution in [0.5, 0.6) is 0 Å². The van der Waals surface area contributed by atoms with Gasteiger partial charge in [-0.3, -0.25) is 4.90 Å². The van der Waals surface area contributed by atoms with Crippen molar-refractivity contribution in [3.05, 3.63) is 35.9 Å². The highest BCUT2D eigenvalue weighted by Crippen LogP contribution is 2.28. The summed E-state index contributed by atoms with van der Waals surface area (Å²) in [4.78, 5) is 2.30. The fraction of sp³-hybridized carbons (Fsp3) is 0.600. The summed E-state index contributed by atoms with van der Waals surface area (Å²) < 4.78 is 37.3. The van der Waals surface area contributed by atoms with E-state index in [0.717, 1.165) is 32.5 Å². The quantitative estimate of drug-likeness (QED) is 0.921. The molecule has 0 aliphatic carbocycles. The van der Waals surface area contributed by atoms with Crippen molar-refractivity contribution in [3.8, 4) is 0 Å². The number of likely N-dealkylation sites (tertiary alicyclic amines) is 1. The number of nitrogens with zero attached hydrogens (tertiary/aromatic N) is 1. The number of hydrogen-bond donors (Lipinski definition) is 1. The summed E-state index contributed by atoms with van der Waals surface area (Å²) in [5, 5.41) is 0. The van der Waals surface area contributed by atoms with Crippen LogP contribution >= 0.6 is 0 Å². The van der Waals surface area contributed by atoms with Crippen molar-refractivity contribution >= 4 is 0 Å². The van der Waals surface area contributed by atoms with Gasteiger partial charge < -0.3 is 5.73 Å². The molecule has 1 aliphatic heterocycles. The molecule has 2 rings (SSSR count). The molecule has 0 saturated carbocycles. The maximum absolute atomic E-state index is 12.4. The highest BCUT2D eigenvalue weighted by atomic mass is 19.4. The topological polar surface area (TPSA) is 29.3 Å². The van der Waals surface area contributed by atoms with E-state index in [0.29, 0.717) is 0 Å². The Morgan fingerprint density at radius 2 is 1.75 bits per heavy atom. The van der Waals surface area contributed by atoms with Crippen LogP contribution in [0.2, 0.25) is 0 Å². The number of rotatable bonds is 4. The van der Waals surface area contributed by atoms with E-state index in [-0.39, 0.29) is 12.3 Å². The third-order valence-corrected chi connectivity index (χ3v) is 3.96. The summed E-state index contributed by atoms with van der Waals surface area (Å²) in [5.74, 6) is 0.0960. The lowest BCUT2D eigenvalue weighted by atomic mass is 9.90. The zero-order chi connectivity index (χ0) is 14.6. The van der Waals surface area contributed by atoms with Crippen molar-refractivity contribution in [2.24, 2.45) is 11.7 Å². The van der Waals surface area contributed by atoms with E-state index in [4.69, 9.17) is 5.73 Å². The molecule has 0 bridgehead atoms. The first-order valence-electron chi connectivity index (χ1n) is 7.03. The summed E-state index contributed by atoms with van der Waals surface area (Å²) in [7, 11) is 0. The van der Waals surface area contributed by atoms with Crippen molar-refractivity contribution in [3.63, 3.8) is 0 Å². The Bertz CT molecular complexity index is 397. The standard InChI is InChI=1S/C15H21F3N2/c16-15(17,18)14(19)10-12-6-8-20(9-7-12)11-13-4-2-1-3-5-13/h1-5,12,14H,6-11,19H2. The number of hydrogen-bond acceptors (Lipinski definition) is 2. The second kappa shape index (κ2) is 6.59. The molecule has 0 aromatic heterocycles. The van der Waals surface area contributed by atoms with Gasteiger partial charge in [-0.2, -0.15) is 13.2 Å². The first kappa shape index (κ1) is 15.3. The molecule has 112 valence electrons. The third-order valence-electron chi connectivity index (χ3n) is 3.96. The highest BCUT2D eigenvalue weighted by Gasteiger charge is 2.38. The van der Waals surface area contributed by atoms with E-state index in [1.165, 1.54) is 5.56 Å². The summed E-state index contributed by atoms with van der Waals surface area (Å²) >= 11 is 0. The molecule has 0 amide bonds. The Morgan fingerprint density at radius 1 is 1.15 bits per heavy atom. The van der Waals surface area contributed by atoms with E-state index in [1.54, 1.807) is 0 Å². The van der Waals surface area contributed by atoms with Crippen LogP contribution in [0.3, 0.4) is 0 Å². The fourth-order valence-electron chi connectivity index (χ4n) is 2.71. The predicted octanol–water partition coefficient (Wildman–Crippen LogP) is 3.18. The second-order valence-electron chi connectivity index (χ2n) is 5.59. The molecule has 1 atom stereocenters. The Morgan fingerprint density at radius 3 is 2.30 bits per heavy atom. The van der Waals surface area contributed by atoms with Crippen LogP contribution in [0.1, 0.15) is 24.8 Å². The van der Waals surface area contributed by atoms with Crippen LogP contribution in [-0.2, 0) is 6.54 Å². The van der Waals surface area contributed by atoms with Crippen LogP contribution < -0.4 is 5.73 Å². The second-order valence-corrected chi connectivity index (χ2v) is 5.59. The van der Waals surface area contributed by atoms with E-state index >= 15 is 0 Å². The highest BCUT2D eigenvalue weighted by molar-refractivity contribution is 5.14. The zero-order valence-corrected chi connectivity index (χ0v) is 11.4. The number of piperidine rings is 1. The van der Waals surface area contributed by atoms with Crippen molar-refractivity contribution in [2.45, 2.75) is 38.0 Å². The summed E-state index contributed by atoms with van der Waals surface area (Å²) in [6.07, 6.45) is -2.60. The van der Waals surface area contributed by atoms with Crippen LogP contribution in [-0.4, -0.2) is 30.2 Å². The first-order valence-corrected chi connectivity index (χ1v) is 7.03. The third kappa shape index (κ3) is 4.49. The van der Waals surface area contributed by atoms with Gasteiger partial charge in [0.15, 0.2) is 0 Å². The van der Waals surface area contributed by atoms with Gasteiger partial charge in [0.1, 0.15) is 6.04 Å². The molecule has 5 heteroatoms. The molecule has 2 nitrogen and oxygen atoms in total. The van der Waals surface area contributed by atoms with Gasteiger partial charge in [0.2, 0.25) is 0 Å². The van der Waals surface area contributed by atoms with Gasteiger partial charge in [0.05, 0.1) is 0 Å². The van der Waals surface area contributed by atoms with Crippen molar-refractivity contribution in [2.75, 3.05) is 13.1 Å². The SMILES string of the molecule is NC(CC1CCN(Cc2ccccc2)CC1)C(F)(F)F. The normalized spacial score (nSPS) is 20.0. The molecule has 1 fully saturated rings. The maximum atomic E-state index is 12.4. The molecule has 1 aromatic carbocycles. The summed E-state index contributed by atoms with van der Waals surface area (Å²) in [6, 6.07) is 8.47. The molecule has 0 spiro atoms. The van der Waals surface area contributed by atoms with Gasteiger partial charge >= 0.3 is 6.18 Å². The van der Waals surface area contributed by atoms with Crippen molar-refractivity contribution in [1.82, 2.24) is 4.90 Å². The Hall–Kier alpha value is -1.07.